The quantitative estimate of drug-likeness (QED) is 0.649. The molecule has 0 radical (unpaired) electrons. The Morgan fingerprint density at radius 3 is 2.33 bits per heavy atom. The molecule has 0 saturated heterocycles. The zero-order chi connectivity index (χ0) is 13.8. The van der Waals surface area contributed by atoms with Crippen molar-refractivity contribution < 1.29 is 23.4 Å². The Morgan fingerprint density at radius 1 is 1.33 bits per heavy atom. The largest absolute Gasteiger partial charge is 0.480 e. The molecule has 7 heteroatoms. The van der Waals surface area contributed by atoms with Gasteiger partial charge in [0.25, 0.3) is 0 Å². The number of aliphatic hydroxyl groups excluding tert-OH is 1. The number of sulfonamides is 1. The third kappa shape index (κ3) is 3.66. The lowest BCUT2D eigenvalue weighted by molar-refractivity contribution is -0.136. The van der Waals surface area contributed by atoms with Crippen molar-refractivity contribution >= 4 is 16.0 Å². The van der Waals surface area contributed by atoms with Crippen LogP contribution in [0.4, 0.5) is 0 Å². The monoisotopic (exact) mass is 279 g/mol. The van der Waals surface area contributed by atoms with Crippen LogP contribution in [-0.2, 0) is 14.8 Å². The zero-order valence-corrected chi connectivity index (χ0v) is 11.4. The molecule has 1 unspecified atom stereocenters. The average molecular weight is 279 g/mol. The van der Waals surface area contributed by atoms with Gasteiger partial charge in [0.1, 0.15) is 0 Å². The van der Waals surface area contributed by atoms with Crippen molar-refractivity contribution in [1.82, 2.24) is 4.72 Å². The number of nitrogens with one attached hydrogen (secondary N) is 1. The van der Waals surface area contributed by atoms with Crippen molar-refractivity contribution in [2.24, 2.45) is 5.41 Å². The Kier molecular flexibility index (Phi) is 5.12. The molecule has 1 rings (SSSR count). The molecule has 0 aromatic carbocycles. The van der Waals surface area contributed by atoms with Crippen LogP contribution < -0.4 is 4.72 Å². The van der Waals surface area contributed by atoms with Crippen LogP contribution in [0.5, 0.6) is 0 Å². The van der Waals surface area contributed by atoms with E-state index in [4.69, 9.17) is 5.11 Å². The van der Waals surface area contributed by atoms with Crippen LogP contribution in [-0.4, -0.2) is 43.0 Å². The van der Waals surface area contributed by atoms with Gasteiger partial charge in [0.15, 0.2) is 5.25 Å². The van der Waals surface area contributed by atoms with Crippen molar-refractivity contribution in [3.05, 3.63) is 0 Å². The van der Waals surface area contributed by atoms with Crippen molar-refractivity contribution in [2.45, 2.75) is 44.3 Å². The fourth-order valence-corrected chi connectivity index (χ4v) is 3.23. The maximum atomic E-state index is 11.7. The van der Waals surface area contributed by atoms with Gasteiger partial charge in [0.2, 0.25) is 10.0 Å². The van der Waals surface area contributed by atoms with Gasteiger partial charge < -0.3 is 10.2 Å². The number of hydrogen-bond acceptors (Lipinski definition) is 4. The number of carboxylic acids is 1. The Labute approximate surface area is 107 Å². The molecule has 1 fully saturated rings. The molecular formula is C11H21NO5S. The summed E-state index contributed by atoms with van der Waals surface area (Å²) in [5.74, 6) is -1.37. The highest BCUT2D eigenvalue weighted by molar-refractivity contribution is 7.90. The second kappa shape index (κ2) is 5.99. The zero-order valence-electron chi connectivity index (χ0n) is 10.6. The number of aliphatic hydroxyl groups is 1. The molecule has 0 bridgehead atoms. The van der Waals surface area contributed by atoms with E-state index >= 15 is 0 Å². The van der Waals surface area contributed by atoms with Crippen LogP contribution in [0.25, 0.3) is 0 Å². The van der Waals surface area contributed by atoms with Crippen LogP contribution in [0, 0.1) is 5.41 Å². The van der Waals surface area contributed by atoms with E-state index in [1.54, 1.807) is 0 Å². The highest BCUT2D eigenvalue weighted by Crippen LogP contribution is 2.35. The second-order valence-electron chi connectivity index (χ2n) is 5.07. The van der Waals surface area contributed by atoms with Gasteiger partial charge in [-0.25, -0.2) is 13.1 Å². The molecule has 3 N–H and O–H groups in total. The summed E-state index contributed by atoms with van der Waals surface area (Å²) >= 11 is 0. The standard InChI is InChI=1S/C11H21NO5S/c1-9(10(14)15)18(16,17)12-7-11(8-13)5-3-2-4-6-11/h9,12-13H,2-8H2,1H3,(H,14,15). The third-order valence-corrected chi connectivity index (χ3v) is 5.39. The summed E-state index contributed by atoms with van der Waals surface area (Å²) in [5, 5.41) is 16.7. The number of aliphatic carboxylic acids is 1. The van der Waals surface area contributed by atoms with Crippen LogP contribution in [0.3, 0.4) is 0 Å². The summed E-state index contributed by atoms with van der Waals surface area (Å²) in [6, 6.07) is 0. The number of carboxylic acid groups (broad SMARTS) is 1. The first-order chi connectivity index (χ1) is 8.33. The van der Waals surface area contributed by atoms with Gasteiger partial charge in [0, 0.05) is 18.6 Å². The minimum atomic E-state index is -3.87. The lowest BCUT2D eigenvalue weighted by Crippen LogP contribution is -2.45. The van der Waals surface area contributed by atoms with E-state index < -0.39 is 26.7 Å². The van der Waals surface area contributed by atoms with Gasteiger partial charge in [-0.1, -0.05) is 19.3 Å². The van der Waals surface area contributed by atoms with Crippen LogP contribution in [0.2, 0.25) is 0 Å². The van der Waals surface area contributed by atoms with Gasteiger partial charge in [0.05, 0.1) is 0 Å². The predicted octanol–water partition coefficient (Wildman–Crippen LogP) is 0.322. The number of rotatable bonds is 6. The van der Waals surface area contributed by atoms with Gasteiger partial charge in [-0.2, -0.15) is 0 Å². The molecule has 1 aliphatic rings. The molecule has 1 atom stereocenters. The topological polar surface area (TPSA) is 104 Å². The molecule has 0 amide bonds. The smallest absolute Gasteiger partial charge is 0.323 e. The Balaban J connectivity index is 2.65. The molecular weight excluding hydrogens is 258 g/mol. The first-order valence-electron chi connectivity index (χ1n) is 6.15. The van der Waals surface area contributed by atoms with Crippen LogP contribution in [0.15, 0.2) is 0 Å². The highest BCUT2D eigenvalue weighted by atomic mass is 32.2. The summed E-state index contributed by atoms with van der Waals surface area (Å²) in [4.78, 5) is 10.7. The summed E-state index contributed by atoms with van der Waals surface area (Å²) in [6.45, 7) is 1.18. The SMILES string of the molecule is CC(C(=O)O)S(=O)(=O)NCC1(CO)CCCCC1. The molecule has 106 valence electrons. The molecule has 0 spiro atoms. The molecule has 1 saturated carbocycles. The molecule has 1 aliphatic carbocycles. The Bertz CT molecular complexity index is 386. The maximum absolute atomic E-state index is 11.7. The molecule has 0 aromatic rings. The van der Waals surface area contributed by atoms with E-state index in [9.17, 15) is 18.3 Å². The summed E-state index contributed by atoms with van der Waals surface area (Å²) in [5.41, 5.74) is -0.427. The van der Waals surface area contributed by atoms with E-state index in [2.05, 4.69) is 4.72 Å². The fourth-order valence-electron chi connectivity index (χ4n) is 2.20. The predicted molar refractivity (Wildman–Crippen MR) is 66.6 cm³/mol. The molecule has 0 heterocycles. The lowest BCUT2D eigenvalue weighted by Gasteiger charge is -2.35. The van der Waals surface area contributed by atoms with E-state index in [1.807, 2.05) is 0 Å². The molecule has 18 heavy (non-hydrogen) atoms. The molecule has 0 aromatic heterocycles. The minimum Gasteiger partial charge on any atom is -0.480 e. The van der Waals surface area contributed by atoms with E-state index in [1.165, 1.54) is 0 Å². The van der Waals surface area contributed by atoms with Crippen molar-refractivity contribution in [2.75, 3.05) is 13.2 Å². The fraction of sp³-hybridized carbons (Fsp3) is 0.909. The van der Waals surface area contributed by atoms with Crippen molar-refractivity contribution in [3.8, 4) is 0 Å². The van der Waals surface area contributed by atoms with E-state index in [0.29, 0.717) is 0 Å². The van der Waals surface area contributed by atoms with E-state index in [0.717, 1.165) is 39.0 Å². The number of carbonyl (C=O) groups is 1. The summed E-state index contributed by atoms with van der Waals surface area (Å²) < 4.78 is 25.7. The first-order valence-corrected chi connectivity index (χ1v) is 7.70. The Hall–Kier alpha value is -0.660. The summed E-state index contributed by atoms with van der Waals surface area (Å²) in [7, 11) is -3.87. The average Bonchev–Trinajstić information content (AvgIpc) is 2.36. The molecule has 6 nitrogen and oxygen atoms in total. The second-order valence-corrected chi connectivity index (χ2v) is 7.15. The van der Waals surface area contributed by atoms with E-state index in [-0.39, 0.29) is 13.2 Å². The maximum Gasteiger partial charge on any atom is 0.323 e. The molecule has 0 aliphatic heterocycles. The third-order valence-electron chi connectivity index (χ3n) is 3.71. The minimum absolute atomic E-state index is 0.0724. The van der Waals surface area contributed by atoms with Crippen molar-refractivity contribution in [3.63, 3.8) is 0 Å². The highest BCUT2D eigenvalue weighted by Gasteiger charge is 2.35. The summed E-state index contributed by atoms with van der Waals surface area (Å²) in [6.07, 6.45) is 4.58. The van der Waals surface area contributed by atoms with Gasteiger partial charge in [-0.3, -0.25) is 4.79 Å². The van der Waals surface area contributed by atoms with Crippen LogP contribution >= 0.6 is 0 Å². The van der Waals surface area contributed by atoms with Crippen molar-refractivity contribution in [1.29, 1.82) is 0 Å². The van der Waals surface area contributed by atoms with Crippen LogP contribution in [0.1, 0.15) is 39.0 Å². The number of hydrogen-bond donors (Lipinski definition) is 3. The lowest BCUT2D eigenvalue weighted by atomic mass is 9.75. The van der Waals surface area contributed by atoms with Gasteiger partial charge in [-0.15, -0.1) is 0 Å². The van der Waals surface area contributed by atoms with Gasteiger partial charge in [-0.05, 0) is 19.8 Å². The van der Waals surface area contributed by atoms with Gasteiger partial charge >= 0.3 is 5.97 Å². The normalized spacial score (nSPS) is 21.4. The Morgan fingerprint density at radius 2 is 1.89 bits per heavy atom. The first kappa shape index (κ1) is 15.4.